The first-order valence-electron chi connectivity index (χ1n) is 11.5. The lowest BCUT2D eigenvalue weighted by Gasteiger charge is -2.34. The number of hydrogen-bond acceptors (Lipinski definition) is 6. The van der Waals surface area contributed by atoms with Crippen LogP contribution in [0.1, 0.15) is 18.1 Å². The van der Waals surface area contributed by atoms with Crippen molar-refractivity contribution in [2.45, 2.75) is 20.5 Å². The van der Waals surface area contributed by atoms with Gasteiger partial charge in [-0.1, -0.05) is 49.2 Å². The smallest absolute Gasteiger partial charge is 0.180 e. The van der Waals surface area contributed by atoms with Gasteiger partial charge in [-0.25, -0.2) is 14.3 Å². The van der Waals surface area contributed by atoms with Gasteiger partial charge < -0.3 is 14.6 Å². The van der Waals surface area contributed by atoms with Crippen LogP contribution in [0.2, 0.25) is 0 Å². The second-order valence-electron chi connectivity index (χ2n) is 8.21. The normalized spacial score (nSPS) is 14.7. The first kappa shape index (κ1) is 21.8. The summed E-state index contributed by atoms with van der Waals surface area (Å²) in [5.41, 5.74) is 4.99. The molecule has 33 heavy (non-hydrogen) atoms. The number of aryl methyl sites for hydroxylation is 1. The molecule has 3 heterocycles. The number of H-pyrrole nitrogens is 1. The molecular formula is C26H29N5OS. The molecule has 1 aliphatic rings. The Balaban J connectivity index is 1.30. The molecule has 1 saturated heterocycles. The van der Waals surface area contributed by atoms with E-state index in [1.807, 2.05) is 36.2 Å². The minimum absolute atomic E-state index is 0.559. The molecule has 0 radical (unpaired) electrons. The maximum absolute atomic E-state index is 6.02. The zero-order chi connectivity index (χ0) is 22.6. The van der Waals surface area contributed by atoms with Crippen LogP contribution >= 0.6 is 11.9 Å². The molecule has 0 bridgehead atoms. The first-order chi connectivity index (χ1) is 16.2. The van der Waals surface area contributed by atoms with E-state index in [0.717, 1.165) is 77.2 Å². The average molecular weight is 460 g/mol. The lowest BCUT2D eigenvalue weighted by molar-refractivity contribution is 0.304. The number of aromatic nitrogens is 3. The van der Waals surface area contributed by atoms with E-state index in [1.54, 1.807) is 0 Å². The fraction of sp³-hybridized carbons (Fsp3) is 0.308. The highest BCUT2D eigenvalue weighted by molar-refractivity contribution is 7.96. The molecule has 0 amide bonds. The maximum Gasteiger partial charge on any atom is 0.180 e. The van der Waals surface area contributed by atoms with E-state index in [9.17, 15) is 0 Å². The molecule has 1 N–H and O–H groups in total. The summed E-state index contributed by atoms with van der Waals surface area (Å²) >= 11 is 1.92. The first-order valence-corrected chi connectivity index (χ1v) is 12.4. The maximum atomic E-state index is 6.02. The van der Waals surface area contributed by atoms with Crippen LogP contribution in [0.3, 0.4) is 0 Å². The zero-order valence-electron chi connectivity index (χ0n) is 19.1. The largest absolute Gasteiger partial charge is 0.489 e. The second-order valence-corrected chi connectivity index (χ2v) is 9.57. The summed E-state index contributed by atoms with van der Waals surface area (Å²) < 4.78 is 8.47. The summed E-state index contributed by atoms with van der Waals surface area (Å²) in [6, 6.07) is 20.6. The number of ether oxygens (including phenoxy) is 1. The number of imidazole rings is 1. The number of anilines is 1. The summed E-state index contributed by atoms with van der Waals surface area (Å²) in [7, 11) is 0. The van der Waals surface area contributed by atoms with E-state index in [0.29, 0.717) is 6.61 Å². The third-order valence-corrected chi connectivity index (χ3v) is 6.88. The van der Waals surface area contributed by atoms with Crippen LogP contribution < -0.4 is 9.64 Å². The molecule has 6 nitrogen and oxygen atoms in total. The molecular weight excluding hydrogens is 430 g/mol. The van der Waals surface area contributed by atoms with Crippen LogP contribution in [-0.2, 0) is 6.61 Å². The average Bonchev–Trinajstić information content (AvgIpc) is 3.28. The van der Waals surface area contributed by atoms with Crippen molar-refractivity contribution in [2.75, 3.05) is 36.8 Å². The fourth-order valence-corrected chi connectivity index (χ4v) is 4.90. The predicted octanol–water partition coefficient (Wildman–Crippen LogP) is 5.30. The van der Waals surface area contributed by atoms with Gasteiger partial charge in [0.1, 0.15) is 24.0 Å². The Bertz CT molecular complexity index is 1220. The standard InChI is InChI=1S/C26H29N5OS/c1-3-33-31-15-13-30(14-16-31)24-12-10-22-26(28-24)29-25(27-22)21-9-11-23(19(2)17-21)32-18-20-7-5-4-6-8-20/h4-12,17H,3,13-16,18H2,1-2H3,(H,27,28,29). The van der Waals surface area contributed by atoms with Gasteiger partial charge in [-0.2, -0.15) is 0 Å². The molecule has 0 atom stereocenters. The third kappa shape index (κ3) is 4.99. The molecule has 1 aliphatic heterocycles. The predicted molar refractivity (Wildman–Crippen MR) is 137 cm³/mol. The molecule has 170 valence electrons. The summed E-state index contributed by atoms with van der Waals surface area (Å²) in [5, 5.41) is 0. The van der Waals surface area contributed by atoms with Gasteiger partial charge in [-0.15, -0.1) is 0 Å². The molecule has 0 spiro atoms. The summed E-state index contributed by atoms with van der Waals surface area (Å²) in [6.07, 6.45) is 0. The zero-order valence-corrected chi connectivity index (χ0v) is 19.9. The summed E-state index contributed by atoms with van der Waals surface area (Å²) in [6.45, 7) is 8.93. The van der Waals surface area contributed by atoms with Gasteiger partial charge in [-0.3, -0.25) is 0 Å². The Morgan fingerprint density at radius 3 is 2.55 bits per heavy atom. The van der Waals surface area contributed by atoms with Crippen LogP contribution in [0.5, 0.6) is 5.75 Å². The topological polar surface area (TPSA) is 57.3 Å². The summed E-state index contributed by atoms with van der Waals surface area (Å²) in [5.74, 6) is 3.85. The van der Waals surface area contributed by atoms with Crippen molar-refractivity contribution in [1.82, 2.24) is 19.3 Å². The summed E-state index contributed by atoms with van der Waals surface area (Å²) in [4.78, 5) is 15.4. The van der Waals surface area contributed by atoms with Gasteiger partial charge in [0.2, 0.25) is 0 Å². The van der Waals surface area contributed by atoms with Gasteiger partial charge in [-0.05, 0) is 48.4 Å². The van der Waals surface area contributed by atoms with E-state index in [2.05, 4.69) is 64.4 Å². The molecule has 0 unspecified atom stereocenters. The minimum atomic E-state index is 0.559. The number of fused-ring (bicyclic) bond motifs is 1. The monoisotopic (exact) mass is 459 g/mol. The van der Waals surface area contributed by atoms with Gasteiger partial charge in [0, 0.05) is 37.5 Å². The van der Waals surface area contributed by atoms with E-state index >= 15 is 0 Å². The number of rotatable bonds is 7. The van der Waals surface area contributed by atoms with Crippen molar-refractivity contribution in [3.63, 3.8) is 0 Å². The Morgan fingerprint density at radius 1 is 0.970 bits per heavy atom. The van der Waals surface area contributed by atoms with Gasteiger partial charge in [0.05, 0.1) is 5.52 Å². The van der Waals surface area contributed by atoms with Crippen LogP contribution in [0.25, 0.3) is 22.6 Å². The van der Waals surface area contributed by atoms with E-state index in [1.165, 1.54) is 0 Å². The molecule has 1 fully saturated rings. The molecule has 2 aromatic carbocycles. The highest BCUT2D eigenvalue weighted by Gasteiger charge is 2.19. The quantitative estimate of drug-likeness (QED) is 0.378. The van der Waals surface area contributed by atoms with Crippen molar-refractivity contribution in [1.29, 1.82) is 0 Å². The highest BCUT2D eigenvalue weighted by Crippen LogP contribution is 2.27. The van der Waals surface area contributed by atoms with Crippen LogP contribution in [0.4, 0.5) is 5.82 Å². The molecule has 0 aliphatic carbocycles. The Morgan fingerprint density at radius 2 is 1.79 bits per heavy atom. The SMILES string of the molecule is CCSN1CCN(c2ccc3[nH]c(-c4ccc(OCc5ccccc5)c(C)c4)nc3n2)CC1. The number of piperazine rings is 1. The van der Waals surface area contributed by atoms with Crippen molar-refractivity contribution in [2.24, 2.45) is 0 Å². The molecule has 7 heteroatoms. The van der Waals surface area contributed by atoms with Crippen molar-refractivity contribution in [3.05, 3.63) is 71.8 Å². The number of pyridine rings is 1. The number of hydrogen-bond donors (Lipinski definition) is 1. The number of nitrogens with one attached hydrogen (secondary N) is 1. The van der Waals surface area contributed by atoms with E-state index in [4.69, 9.17) is 14.7 Å². The third-order valence-electron chi connectivity index (χ3n) is 5.89. The van der Waals surface area contributed by atoms with Gasteiger partial charge in [0.25, 0.3) is 0 Å². The Kier molecular flexibility index (Phi) is 6.51. The van der Waals surface area contributed by atoms with Gasteiger partial charge in [0.15, 0.2) is 5.65 Å². The van der Waals surface area contributed by atoms with Crippen molar-refractivity contribution in [3.8, 4) is 17.1 Å². The Hall–Kier alpha value is -3.03. The second kappa shape index (κ2) is 9.85. The lowest BCUT2D eigenvalue weighted by atomic mass is 10.1. The van der Waals surface area contributed by atoms with Crippen LogP contribution in [0.15, 0.2) is 60.7 Å². The molecule has 2 aromatic heterocycles. The van der Waals surface area contributed by atoms with E-state index < -0.39 is 0 Å². The molecule has 5 rings (SSSR count). The minimum Gasteiger partial charge on any atom is -0.489 e. The van der Waals surface area contributed by atoms with Crippen LogP contribution in [0, 0.1) is 6.92 Å². The van der Waals surface area contributed by atoms with E-state index in [-0.39, 0.29) is 0 Å². The Labute approximate surface area is 199 Å². The highest BCUT2D eigenvalue weighted by atomic mass is 32.2. The number of nitrogens with zero attached hydrogens (tertiary/aromatic N) is 4. The van der Waals surface area contributed by atoms with Crippen molar-refractivity contribution < 1.29 is 4.74 Å². The lowest BCUT2D eigenvalue weighted by Crippen LogP contribution is -2.43. The van der Waals surface area contributed by atoms with Crippen molar-refractivity contribution >= 4 is 28.9 Å². The van der Waals surface area contributed by atoms with Crippen LogP contribution in [-0.4, -0.2) is 51.2 Å². The molecule has 0 saturated carbocycles. The fourth-order valence-electron chi connectivity index (χ4n) is 4.12. The number of benzene rings is 2. The van der Waals surface area contributed by atoms with Gasteiger partial charge >= 0.3 is 0 Å². The number of aromatic amines is 1. The molecule has 4 aromatic rings.